The van der Waals surface area contributed by atoms with E-state index < -0.39 is 0 Å². The molecular weight excluding hydrogens is 356 g/mol. The molecule has 7 heteroatoms. The van der Waals surface area contributed by atoms with Crippen molar-refractivity contribution in [1.29, 1.82) is 0 Å². The van der Waals surface area contributed by atoms with E-state index in [-0.39, 0.29) is 5.91 Å². The van der Waals surface area contributed by atoms with Gasteiger partial charge in [-0.3, -0.25) is 9.79 Å². The van der Waals surface area contributed by atoms with Crippen LogP contribution in [0.25, 0.3) is 0 Å². The minimum absolute atomic E-state index is 0.0373. The van der Waals surface area contributed by atoms with Crippen LogP contribution >= 0.6 is 0 Å². The molecule has 2 aromatic heterocycles. The first-order chi connectivity index (χ1) is 13.8. The Morgan fingerprint density at radius 2 is 1.75 bits per heavy atom. The number of nitrogens with zero attached hydrogens (tertiary/aromatic N) is 3. The fourth-order valence-corrected chi connectivity index (χ4v) is 3.89. The summed E-state index contributed by atoms with van der Waals surface area (Å²) < 4.78 is 10.7. The van der Waals surface area contributed by atoms with E-state index >= 15 is 0 Å². The van der Waals surface area contributed by atoms with E-state index in [1.54, 1.807) is 24.7 Å². The van der Waals surface area contributed by atoms with Crippen LogP contribution in [0.5, 0.6) is 0 Å². The Kier molecular flexibility index (Phi) is 5.99. The lowest BCUT2D eigenvalue weighted by Gasteiger charge is -2.37. The Balaban J connectivity index is 1.36. The number of carbonyl (C=O) groups is 1. The molecule has 2 aliphatic rings. The molecule has 0 atom stereocenters. The minimum Gasteiger partial charge on any atom is -0.469 e. The van der Waals surface area contributed by atoms with Gasteiger partial charge in [0.25, 0.3) is 5.91 Å². The van der Waals surface area contributed by atoms with Crippen LogP contribution in [0.4, 0.5) is 0 Å². The van der Waals surface area contributed by atoms with Crippen LogP contribution < -0.4 is 5.32 Å². The van der Waals surface area contributed by atoms with Gasteiger partial charge in [-0.2, -0.15) is 0 Å². The maximum Gasteiger partial charge on any atom is 0.289 e. The van der Waals surface area contributed by atoms with Crippen molar-refractivity contribution in [2.24, 2.45) is 4.99 Å². The Morgan fingerprint density at radius 3 is 2.43 bits per heavy atom. The van der Waals surface area contributed by atoms with Gasteiger partial charge in [-0.15, -0.1) is 0 Å². The first-order valence-corrected chi connectivity index (χ1v) is 10.2. The molecule has 3 heterocycles. The highest BCUT2D eigenvalue weighted by atomic mass is 16.3. The van der Waals surface area contributed by atoms with Gasteiger partial charge in [0, 0.05) is 45.2 Å². The van der Waals surface area contributed by atoms with Gasteiger partial charge in [-0.05, 0) is 37.1 Å². The number of guanidine groups is 1. The lowest BCUT2D eigenvalue weighted by atomic mass is 10.2. The quantitative estimate of drug-likeness (QED) is 0.634. The predicted molar refractivity (Wildman–Crippen MR) is 106 cm³/mol. The highest BCUT2D eigenvalue weighted by Crippen LogP contribution is 2.18. The van der Waals surface area contributed by atoms with Gasteiger partial charge < -0.3 is 24.0 Å². The molecule has 1 aliphatic heterocycles. The molecule has 0 unspecified atom stereocenters. The normalized spacial score (nSPS) is 18.6. The number of furan rings is 2. The van der Waals surface area contributed by atoms with Gasteiger partial charge in [0.1, 0.15) is 5.76 Å². The lowest BCUT2D eigenvalue weighted by molar-refractivity contribution is 0.0657. The molecule has 4 rings (SSSR count). The Labute approximate surface area is 165 Å². The van der Waals surface area contributed by atoms with Crippen LogP contribution in [0.1, 0.15) is 42.0 Å². The highest BCUT2D eigenvalue weighted by molar-refractivity contribution is 5.91. The van der Waals surface area contributed by atoms with Crippen LogP contribution in [0.3, 0.4) is 0 Å². The zero-order valence-corrected chi connectivity index (χ0v) is 16.2. The van der Waals surface area contributed by atoms with Crippen molar-refractivity contribution in [3.8, 4) is 0 Å². The minimum atomic E-state index is -0.0373. The molecule has 150 valence electrons. The molecule has 7 nitrogen and oxygen atoms in total. The van der Waals surface area contributed by atoms with Gasteiger partial charge in [0.2, 0.25) is 0 Å². The molecule has 1 aliphatic carbocycles. The van der Waals surface area contributed by atoms with Gasteiger partial charge in [0.05, 0.1) is 12.5 Å². The van der Waals surface area contributed by atoms with Crippen molar-refractivity contribution in [3.05, 3.63) is 48.3 Å². The number of rotatable bonds is 5. The summed E-state index contributed by atoms with van der Waals surface area (Å²) in [7, 11) is 0. The second-order valence-electron chi connectivity index (χ2n) is 7.42. The number of piperazine rings is 1. The van der Waals surface area contributed by atoms with Crippen LogP contribution in [0.2, 0.25) is 0 Å². The van der Waals surface area contributed by atoms with Gasteiger partial charge >= 0.3 is 0 Å². The predicted octanol–water partition coefficient (Wildman–Crippen LogP) is 2.76. The van der Waals surface area contributed by atoms with Gasteiger partial charge in [-0.1, -0.05) is 12.8 Å². The molecule has 0 aromatic carbocycles. The van der Waals surface area contributed by atoms with Crippen LogP contribution in [-0.2, 0) is 6.42 Å². The van der Waals surface area contributed by atoms with Crippen molar-refractivity contribution in [1.82, 2.24) is 15.1 Å². The molecule has 28 heavy (non-hydrogen) atoms. The number of nitrogens with one attached hydrogen (secondary N) is 1. The van der Waals surface area contributed by atoms with Crippen LogP contribution in [0, 0.1) is 0 Å². The van der Waals surface area contributed by atoms with E-state index in [1.807, 2.05) is 17.0 Å². The van der Waals surface area contributed by atoms with Crippen molar-refractivity contribution in [2.45, 2.75) is 38.1 Å². The zero-order valence-electron chi connectivity index (χ0n) is 16.2. The molecule has 1 saturated carbocycles. The molecule has 1 N–H and O–H groups in total. The molecule has 1 amide bonds. The number of carbonyl (C=O) groups excluding carboxylic acids is 1. The third-order valence-electron chi connectivity index (χ3n) is 5.49. The summed E-state index contributed by atoms with van der Waals surface area (Å²) in [5.74, 6) is 2.29. The number of aliphatic imine (C=N–C) groups is 1. The van der Waals surface area contributed by atoms with E-state index in [0.717, 1.165) is 31.2 Å². The van der Waals surface area contributed by atoms with Crippen LogP contribution in [-0.4, -0.2) is 60.4 Å². The third kappa shape index (κ3) is 4.58. The molecule has 2 aromatic rings. The maximum absolute atomic E-state index is 12.5. The van der Waals surface area contributed by atoms with E-state index in [4.69, 9.17) is 13.8 Å². The summed E-state index contributed by atoms with van der Waals surface area (Å²) in [5.41, 5.74) is 0. The number of hydrogen-bond donors (Lipinski definition) is 1. The monoisotopic (exact) mass is 384 g/mol. The second-order valence-corrected chi connectivity index (χ2v) is 7.42. The Bertz CT molecular complexity index is 756. The zero-order chi connectivity index (χ0) is 19.2. The molecule has 0 radical (unpaired) electrons. The molecule has 2 fully saturated rings. The topological polar surface area (TPSA) is 74.2 Å². The van der Waals surface area contributed by atoms with Crippen molar-refractivity contribution >= 4 is 11.9 Å². The molecule has 0 spiro atoms. The van der Waals surface area contributed by atoms with E-state index in [2.05, 4.69) is 10.2 Å². The smallest absolute Gasteiger partial charge is 0.289 e. The summed E-state index contributed by atoms with van der Waals surface area (Å²) in [4.78, 5) is 21.5. The largest absolute Gasteiger partial charge is 0.469 e. The third-order valence-corrected chi connectivity index (χ3v) is 5.49. The first-order valence-electron chi connectivity index (χ1n) is 10.2. The maximum atomic E-state index is 12.5. The summed E-state index contributed by atoms with van der Waals surface area (Å²) in [6.07, 6.45) is 9.00. The average molecular weight is 384 g/mol. The lowest BCUT2D eigenvalue weighted by Crippen LogP contribution is -2.55. The summed E-state index contributed by atoms with van der Waals surface area (Å²) >= 11 is 0. The van der Waals surface area contributed by atoms with Crippen molar-refractivity contribution in [3.63, 3.8) is 0 Å². The summed E-state index contributed by atoms with van der Waals surface area (Å²) in [6, 6.07) is 7.87. The molecule has 0 bridgehead atoms. The fourth-order valence-electron chi connectivity index (χ4n) is 3.89. The molecule has 1 saturated heterocycles. The van der Waals surface area contributed by atoms with E-state index in [9.17, 15) is 4.79 Å². The SMILES string of the molecule is O=C(c1ccco1)N1CCN(C(=NCCc2ccco2)NC2CCCC2)CC1. The average Bonchev–Trinajstić information content (AvgIpc) is 3.50. The summed E-state index contributed by atoms with van der Waals surface area (Å²) in [6.45, 7) is 3.57. The first kappa shape index (κ1) is 18.7. The van der Waals surface area contributed by atoms with Crippen molar-refractivity contribution in [2.75, 3.05) is 32.7 Å². The summed E-state index contributed by atoms with van der Waals surface area (Å²) in [5, 5.41) is 3.66. The Morgan fingerprint density at radius 1 is 1.04 bits per heavy atom. The standard InChI is InChI=1S/C21H28N4O3/c26-20(19-8-4-16-28-19)24-11-13-25(14-12-24)21(23-17-5-1-2-6-17)22-10-9-18-7-3-15-27-18/h3-4,7-8,15-17H,1-2,5-6,9-14H2,(H,22,23). The Hall–Kier alpha value is -2.70. The second kappa shape index (κ2) is 8.99. The van der Waals surface area contributed by atoms with E-state index in [1.165, 1.54) is 25.7 Å². The van der Waals surface area contributed by atoms with Gasteiger partial charge in [-0.25, -0.2) is 0 Å². The highest BCUT2D eigenvalue weighted by Gasteiger charge is 2.26. The van der Waals surface area contributed by atoms with Crippen molar-refractivity contribution < 1.29 is 13.6 Å². The van der Waals surface area contributed by atoms with E-state index in [0.29, 0.717) is 31.4 Å². The number of amides is 1. The van der Waals surface area contributed by atoms with Crippen LogP contribution in [0.15, 0.2) is 50.6 Å². The fraction of sp³-hybridized carbons (Fsp3) is 0.524. The molecular formula is C21H28N4O3. The van der Waals surface area contributed by atoms with Gasteiger partial charge in [0.15, 0.2) is 11.7 Å². The number of hydrogen-bond acceptors (Lipinski definition) is 4.